The molecule has 15 nitrogen and oxygen atoms in total. The monoisotopic (exact) mass is 1150 g/mol. The average molecular weight is 1150 g/mol. The Morgan fingerprint density at radius 3 is 2.23 bits per heavy atom. The van der Waals surface area contributed by atoms with E-state index in [2.05, 4.69) is 31.7 Å². The maximum absolute atomic E-state index is 14.9. The van der Waals surface area contributed by atoms with E-state index in [0.717, 1.165) is 66.9 Å². The molecule has 2 aliphatic rings. The number of thiazole rings is 1. The van der Waals surface area contributed by atoms with Gasteiger partial charge in [-0.1, -0.05) is 70.7 Å². The Morgan fingerprint density at radius 1 is 0.932 bits per heavy atom. The lowest BCUT2D eigenvalue weighted by Gasteiger charge is -2.44. The number of aryl methyl sites for hydroxylation is 1. The zero-order valence-corrected chi connectivity index (χ0v) is 44.5. The number of aromatic nitrogens is 1. The van der Waals surface area contributed by atoms with Crippen LogP contribution in [-0.2, 0) is 24.0 Å². The Bertz CT molecular complexity index is 2600. The largest absolute Gasteiger partial charge is 0.391 e. The Labute approximate surface area is 440 Å². The third-order valence-electron chi connectivity index (χ3n) is 13.3. The fraction of sp³-hybridized carbons (Fsp3) is 0.500. The van der Waals surface area contributed by atoms with Crippen LogP contribution < -0.4 is 32.5 Å². The van der Waals surface area contributed by atoms with Gasteiger partial charge in [0, 0.05) is 35.4 Å². The fourth-order valence-corrected chi connectivity index (χ4v) is 10.3. The molecule has 1 aliphatic carbocycles. The van der Waals surface area contributed by atoms with Crippen LogP contribution in [-0.4, -0.2) is 101 Å². The van der Waals surface area contributed by atoms with Gasteiger partial charge in [0.2, 0.25) is 17.7 Å². The number of amides is 5. The number of alkyl halides is 1. The molecule has 0 spiro atoms. The summed E-state index contributed by atoms with van der Waals surface area (Å²) in [6, 6.07) is 12.0. The lowest BCUT2D eigenvalue weighted by molar-refractivity contribution is -0.151. The van der Waals surface area contributed by atoms with E-state index in [1.165, 1.54) is 28.4 Å². The Hall–Kier alpha value is -5.23. The average Bonchev–Trinajstić information content (AvgIpc) is 3.78. The lowest BCUT2D eigenvalue weighted by Crippen LogP contribution is -2.65. The van der Waals surface area contributed by atoms with Gasteiger partial charge >= 0.3 is 0 Å². The summed E-state index contributed by atoms with van der Waals surface area (Å²) >= 11 is 3.38. The molecule has 4 aromatic rings. The van der Waals surface area contributed by atoms with Gasteiger partial charge in [-0.05, 0) is 122 Å². The van der Waals surface area contributed by atoms with Crippen molar-refractivity contribution in [3.8, 4) is 10.4 Å². The first-order chi connectivity index (χ1) is 34.7. The topological polar surface area (TPSA) is 217 Å². The van der Waals surface area contributed by atoms with E-state index in [0.29, 0.717) is 35.1 Å². The van der Waals surface area contributed by atoms with Crippen LogP contribution in [0.25, 0.3) is 10.4 Å². The minimum atomic E-state index is -2.07. The molecular formula is C52H65F4IN8O7S. The quantitative estimate of drug-likeness (QED) is 0.0139. The first-order valence-electron chi connectivity index (χ1n) is 24.6. The maximum atomic E-state index is 14.9. The van der Waals surface area contributed by atoms with Crippen molar-refractivity contribution in [1.82, 2.24) is 31.3 Å². The highest BCUT2D eigenvalue weighted by Crippen LogP contribution is 2.46. The Balaban J connectivity index is 0.947. The molecule has 0 radical (unpaired) electrons. The third-order valence-corrected chi connectivity index (χ3v) is 14.9. The van der Waals surface area contributed by atoms with Gasteiger partial charge < -0.3 is 37.0 Å². The maximum Gasteiger partial charge on any atom is 0.277 e. The number of halogens is 5. The number of unbranched alkanes of at least 4 members (excludes halogenated alkanes) is 5. The van der Waals surface area contributed by atoms with E-state index in [-0.39, 0.29) is 56.0 Å². The second kappa shape index (κ2) is 25.3. The number of nitrogens with one attached hydrogen (secondary N) is 5. The SMILES string of the molecule is Cc1ncsc1-c1ccc([C@H](CC(=O)NCCCCCCCCNCCCONC(=O)c2ccc(F)c(F)c2Nc2ccc(I)cc2F)C2(C(N)=O)CC(O)CN2C(=O)[C@@H](NC(=O)C2(F)CC2)C(C)(C)C)cc1. The molecular weight excluding hydrogens is 1080 g/mol. The molecule has 4 atom stereocenters. The molecule has 8 N–H and O–H groups in total. The summed E-state index contributed by atoms with van der Waals surface area (Å²) in [6.45, 7) is 8.60. The van der Waals surface area contributed by atoms with Crippen LogP contribution >= 0.6 is 33.9 Å². The number of aliphatic hydroxyl groups excluding tert-OH is 1. The predicted molar refractivity (Wildman–Crippen MR) is 279 cm³/mol. The number of rotatable bonds is 26. The molecule has 2 fully saturated rings. The van der Waals surface area contributed by atoms with Gasteiger partial charge in [-0.3, -0.25) is 28.8 Å². The van der Waals surface area contributed by atoms with E-state index in [9.17, 15) is 46.6 Å². The zero-order chi connectivity index (χ0) is 53.1. The molecule has 6 rings (SSSR count). The summed E-state index contributed by atoms with van der Waals surface area (Å²) in [5.41, 5.74) is 6.67. The second-order valence-electron chi connectivity index (χ2n) is 19.9. The molecule has 1 saturated carbocycles. The summed E-state index contributed by atoms with van der Waals surface area (Å²) in [5.74, 6) is -8.00. The standard InChI is InChI=1S/C52H65F4IN8O7S/c1-31-44(73-30-61-31)33-14-12-32(13-15-33)37(52(48(58)70)28-35(66)29-65(52)47(69)45(50(2,3)4)63-49(71)51(56)20-21-51)27-41(67)60-24-10-8-6-5-7-9-22-59-23-11-25-72-64-46(68)36-17-18-38(53)42(55)43(36)62-40-19-16-34(57)26-39(40)54/h12-19,26,30,35,37,45,59,62,66H,5-11,20-25,27-29H2,1-4H3,(H2,58,70)(H,60,67)(H,63,71)(H,64,68)/t35?,37-,45+,52?/m0/s1. The molecule has 1 saturated heterocycles. The van der Waals surface area contributed by atoms with Crippen molar-refractivity contribution in [3.63, 3.8) is 0 Å². The number of carbonyl (C=O) groups excluding carboxylic acids is 5. The number of nitrogens with two attached hydrogens (primary N) is 1. The van der Waals surface area contributed by atoms with Gasteiger partial charge in [0.25, 0.3) is 11.8 Å². The first-order valence-corrected chi connectivity index (χ1v) is 26.5. The molecule has 2 heterocycles. The van der Waals surface area contributed by atoms with Crippen molar-refractivity contribution in [2.24, 2.45) is 11.1 Å². The first kappa shape index (κ1) is 57.1. The number of likely N-dealkylation sites (tertiary alicyclic amines) is 1. The highest BCUT2D eigenvalue weighted by atomic mass is 127. The minimum absolute atomic E-state index is 0.0365. The van der Waals surface area contributed by atoms with Gasteiger partial charge in [-0.15, -0.1) is 11.3 Å². The minimum Gasteiger partial charge on any atom is -0.391 e. The van der Waals surface area contributed by atoms with Gasteiger partial charge in [0.1, 0.15) is 17.4 Å². The van der Waals surface area contributed by atoms with Crippen molar-refractivity contribution in [1.29, 1.82) is 0 Å². The number of anilines is 2. The molecule has 5 amide bonds. The molecule has 73 heavy (non-hydrogen) atoms. The van der Waals surface area contributed by atoms with Crippen molar-refractivity contribution in [3.05, 3.63) is 98.0 Å². The van der Waals surface area contributed by atoms with Gasteiger partial charge in [-0.2, -0.15) is 0 Å². The van der Waals surface area contributed by atoms with Crippen molar-refractivity contribution < 1.29 is 51.5 Å². The van der Waals surface area contributed by atoms with E-state index < -0.39 is 81.5 Å². The Morgan fingerprint density at radius 2 is 1.60 bits per heavy atom. The Kier molecular flexibility index (Phi) is 19.8. The smallest absolute Gasteiger partial charge is 0.277 e. The van der Waals surface area contributed by atoms with Gasteiger partial charge in [0.05, 0.1) is 45.7 Å². The van der Waals surface area contributed by atoms with E-state index in [1.807, 2.05) is 41.6 Å². The van der Waals surface area contributed by atoms with Crippen LogP contribution in [0.5, 0.6) is 0 Å². The normalized spacial score (nSPS) is 17.9. The number of nitrogens with zero attached hydrogens (tertiary/aromatic N) is 2. The van der Waals surface area contributed by atoms with Crippen molar-refractivity contribution >= 4 is 74.8 Å². The van der Waals surface area contributed by atoms with E-state index in [4.69, 9.17) is 10.6 Å². The second-order valence-corrected chi connectivity index (χ2v) is 22.0. The van der Waals surface area contributed by atoms with Gasteiger partial charge in [0.15, 0.2) is 17.3 Å². The van der Waals surface area contributed by atoms with Crippen LogP contribution in [0.15, 0.2) is 60.1 Å². The van der Waals surface area contributed by atoms with E-state index in [1.54, 1.807) is 44.5 Å². The predicted octanol–water partition coefficient (Wildman–Crippen LogP) is 8.01. The molecule has 1 aromatic heterocycles. The third kappa shape index (κ3) is 14.5. The van der Waals surface area contributed by atoms with Crippen molar-refractivity contribution in [2.75, 3.05) is 38.1 Å². The number of hydrogen-bond acceptors (Lipinski definition) is 11. The number of benzene rings is 3. The van der Waals surface area contributed by atoms with Gasteiger partial charge in [-0.25, -0.2) is 28.0 Å². The van der Waals surface area contributed by atoms with Crippen LogP contribution in [0.4, 0.5) is 28.9 Å². The number of primary amides is 1. The number of aliphatic hydroxyl groups is 1. The summed E-state index contributed by atoms with van der Waals surface area (Å²) in [6.07, 6.45) is 4.26. The summed E-state index contributed by atoms with van der Waals surface area (Å²) in [7, 11) is 0. The fourth-order valence-electron chi connectivity index (χ4n) is 9.06. The summed E-state index contributed by atoms with van der Waals surface area (Å²) in [5, 5.41) is 22.6. The van der Waals surface area contributed by atoms with Crippen molar-refractivity contribution in [2.45, 2.75) is 128 Å². The van der Waals surface area contributed by atoms with Crippen LogP contribution in [0, 0.1) is 33.4 Å². The molecule has 21 heteroatoms. The summed E-state index contributed by atoms with van der Waals surface area (Å²) < 4.78 is 58.8. The number of β-amino-alcohol motifs (C(OH)–C–C–N with tert-alkyl or cyclic N) is 1. The van der Waals surface area contributed by atoms with E-state index >= 15 is 0 Å². The number of carbonyl (C=O) groups is 5. The van der Waals surface area contributed by atoms with Crippen LogP contribution in [0.1, 0.15) is 119 Å². The highest BCUT2D eigenvalue weighted by molar-refractivity contribution is 14.1. The van der Waals surface area contributed by atoms with Crippen LogP contribution in [0.2, 0.25) is 0 Å². The number of hydroxylamine groups is 1. The molecule has 1 aliphatic heterocycles. The molecule has 0 bridgehead atoms. The lowest BCUT2D eigenvalue weighted by atomic mass is 9.73. The molecule has 396 valence electrons. The molecule has 2 unspecified atom stereocenters. The van der Waals surface area contributed by atoms with Crippen LogP contribution in [0.3, 0.4) is 0 Å². The number of hydrogen-bond donors (Lipinski definition) is 7. The molecule has 3 aromatic carbocycles. The zero-order valence-electron chi connectivity index (χ0n) is 41.5. The highest BCUT2D eigenvalue weighted by Gasteiger charge is 2.60. The summed E-state index contributed by atoms with van der Waals surface area (Å²) in [4.78, 5) is 80.1.